The molecule has 0 aromatic carbocycles. The number of amides is 1. The number of carbonyl (C=O) groups is 1. The molecule has 2 atom stereocenters. The predicted octanol–water partition coefficient (Wildman–Crippen LogP) is 3.29. The van der Waals surface area contributed by atoms with Gasteiger partial charge in [0.1, 0.15) is 5.60 Å². The van der Waals surface area contributed by atoms with E-state index in [0.29, 0.717) is 5.41 Å². The molecule has 1 spiro atoms. The molecule has 3 heteroatoms. The van der Waals surface area contributed by atoms with Crippen molar-refractivity contribution in [1.29, 1.82) is 0 Å². The SMILES string of the molecule is CC1C(C)C12CCN(C(=O)OC(C)(C)C)CC2. The predicted molar refractivity (Wildman–Crippen MR) is 67.8 cm³/mol. The lowest BCUT2D eigenvalue weighted by atomic mass is 9.90. The first-order valence-electron chi connectivity index (χ1n) is 6.74. The van der Waals surface area contributed by atoms with Crippen molar-refractivity contribution in [3.05, 3.63) is 0 Å². The summed E-state index contributed by atoms with van der Waals surface area (Å²) in [6, 6.07) is 0. The maximum atomic E-state index is 11.9. The van der Waals surface area contributed by atoms with E-state index in [1.54, 1.807) is 0 Å². The van der Waals surface area contributed by atoms with E-state index in [1.165, 1.54) is 0 Å². The van der Waals surface area contributed by atoms with Crippen molar-refractivity contribution in [3.63, 3.8) is 0 Å². The van der Waals surface area contributed by atoms with Crippen molar-refractivity contribution >= 4 is 6.09 Å². The van der Waals surface area contributed by atoms with E-state index in [0.717, 1.165) is 37.8 Å². The molecule has 98 valence electrons. The van der Waals surface area contributed by atoms with Gasteiger partial charge in [0, 0.05) is 13.1 Å². The van der Waals surface area contributed by atoms with Crippen LogP contribution in [0, 0.1) is 17.3 Å². The van der Waals surface area contributed by atoms with E-state index in [1.807, 2.05) is 25.7 Å². The molecule has 1 saturated heterocycles. The molecule has 0 radical (unpaired) electrons. The zero-order valence-corrected chi connectivity index (χ0v) is 11.7. The van der Waals surface area contributed by atoms with Crippen molar-refractivity contribution in [2.45, 2.75) is 53.1 Å². The molecule has 3 nitrogen and oxygen atoms in total. The Morgan fingerprint density at radius 2 is 1.65 bits per heavy atom. The van der Waals surface area contributed by atoms with Gasteiger partial charge in [0.05, 0.1) is 0 Å². The van der Waals surface area contributed by atoms with E-state index >= 15 is 0 Å². The summed E-state index contributed by atoms with van der Waals surface area (Å²) in [4.78, 5) is 13.8. The van der Waals surface area contributed by atoms with E-state index in [4.69, 9.17) is 4.74 Å². The average molecular weight is 239 g/mol. The summed E-state index contributed by atoms with van der Waals surface area (Å²) < 4.78 is 5.41. The molecule has 0 aromatic heterocycles. The number of hydrogen-bond donors (Lipinski definition) is 0. The Morgan fingerprint density at radius 1 is 1.18 bits per heavy atom. The third-order valence-corrected chi connectivity index (χ3v) is 4.80. The monoisotopic (exact) mass is 239 g/mol. The Morgan fingerprint density at radius 3 is 2.00 bits per heavy atom. The lowest BCUT2D eigenvalue weighted by molar-refractivity contribution is 0.0160. The van der Waals surface area contributed by atoms with Crippen LogP contribution in [0.2, 0.25) is 0 Å². The summed E-state index contributed by atoms with van der Waals surface area (Å²) in [5, 5.41) is 0. The third-order valence-electron chi connectivity index (χ3n) is 4.80. The smallest absolute Gasteiger partial charge is 0.410 e. The van der Waals surface area contributed by atoms with Gasteiger partial charge in [-0.2, -0.15) is 0 Å². The van der Waals surface area contributed by atoms with Crippen LogP contribution in [0.15, 0.2) is 0 Å². The number of piperidine rings is 1. The highest BCUT2D eigenvalue weighted by molar-refractivity contribution is 5.68. The summed E-state index contributed by atoms with van der Waals surface area (Å²) >= 11 is 0. The minimum atomic E-state index is -0.383. The largest absolute Gasteiger partial charge is 0.444 e. The number of carbonyl (C=O) groups excluding carboxylic acids is 1. The Labute approximate surface area is 105 Å². The van der Waals surface area contributed by atoms with E-state index in [-0.39, 0.29) is 11.7 Å². The van der Waals surface area contributed by atoms with Gasteiger partial charge in [-0.05, 0) is 50.9 Å². The van der Waals surface area contributed by atoms with Crippen LogP contribution in [0.5, 0.6) is 0 Å². The highest BCUT2D eigenvalue weighted by Crippen LogP contribution is 2.64. The Hall–Kier alpha value is -0.730. The van der Waals surface area contributed by atoms with Gasteiger partial charge in [0.25, 0.3) is 0 Å². The van der Waals surface area contributed by atoms with E-state index in [2.05, 4.69) is 13.8 Å². The summed E-state index contributed by atoms with van der Waals surface area (Å²) in [5.41, 5.74) is 0.158. The van der Waals surface area contributed by atoms with Crippen LogP contribution in [0.1, 0.15) is 47.5 Å². The lowest BCUT2D eigenvalue weighted by Gasteiger charge is -2.34. The second kappa shape index (κ2) is 3.89. The van der Waals surface area contributed by atoms with Crippen LogP contribution in [-0.2, 0) is 4.74 Å². The molecule has 2 rings (SSSR count). The summed E-state index contributed by atoms with van der Waals surface area (Å²) in [5.74, 6) is 1.67. The molecule has 17 heavy (non-hydrogen) atoms. The first kappa shape index (κ1) is 12.7. The lowest BCUT2D eigenvalue weighted by Crippen LogP contribution is -2.42. The van der Waals surface area contributed by atoms with E-state index in [9.17, 15) is 4.79 Å². The van der Waals surface area contributed by atoms with Gasteiger partial charge in [-0.3, -0.25) is 0 Å². The number of likely N-dealkylation sites (tertiary alicyclic amines) is 1. The van der Waals surface area contributed by atoms with Crippen LogP contribution >= 0.6 is 0 Å². The molecule has 2 aliphatic rings. The van der Waals surface area contributed by atoms with Crippen LogP contribution in [0.25, 0.3) is 0 Å². The third kappa shape index (κ3) is 2.29. The van der Waals surface area contributed by atoms with Gasteiger partial charge in [0.2, 0.25) is 0 Å². The topological polar surface area (TPSA) is 29.5 Å². The molecule has 2 unspecified atom stereocenters. The number of rotatable bonds is 0. The first-order chi connectivity index (χ1) is 7.76. The molecule has 0 bridgehead atoms. The van der Waals surface area contributed by atoms with Gasteiger partial charge in [-0.25, -0.2) is 4.79 Å². The molecular weight excluding hydrogens is 214 g/mol. The normalized spacial score (nSPS) is 31.5. The number of ether oxygens (including phenoxy) is 1. The Kier molecular flexibility index (Phi) is 2.91. The Balaban J connectivity index is 1.86. The molecule has 1 heterocycles. The molecule has 1 aliphatic carbocycles. The van der Waals surface area contributed by atoms with Crippen molar-refractivity contribution < 1.29 is 9.53 Å². The fourth-order valence-electron chi connectivity index (χ4n) is 3.29. The summed E-state index contributed by atoms with van der Waals surface area (Å²) in [6.45, 7) is 12.2. The zero-order chi connectivity index (χ0) is 12.8. The van der Waals surface area contributed by atoms with Gasteiger partial charge in [-0.15, -0.1) is 0 Å². The molecule has 1 amide bonds. The van der Waals surface area contributed by atoms with Crippen LogP contribution in [-0.4, -0.2) is 29.7 Å². The molecule has 1 aliphatic heterocycles. The number of nitrogens with zero attached hydrogens (tertiary/aromatic N) is 1. The minimum Gasteiger partial charge on any atom is -0.444 e. The Bertz CT molecular complexity index is 301. The van der Waals surface area contributed by atoms with Gasteiger partial charge >= 0.3 is 6.09 Å². The minimum absolute atomic E-state index is 0.145. The fraction of sp³-hybridized carbons (Fsp3) is 0.929. The second-order valence-corrected chi connectivity index (χ2v) is 6.78. The van der Waals surface area contributed by atoms with Crippen LogP contribution in [0.4, 0.5) is 4.79 Å². The zero-order valence-electron chi connectivity index (χ0n) is 11.7. The van der Waals surface area contributed by atoms with Crippen molar-refractivity contribution in [3.8, 4) is 0 Å². The summed E-state index contributed by atoms with van der Waals surface area (Å²) in [7, 11) is 0. The van der Waals surface area contributed by atoms with Crippen LogP contribution < -0.4 is 0 Å². The molecule has 1 saturated carbocycles. The first-order valence-corrected chi connectivity index (χ1v) is 6.74. The van der Waals surface area contributed by atoms with Crippen molar-refractivity contribution in [2.75, 3.05) is 13.1 Å². The highest BCUT2D eigenvalue weighted by atomic mass is 16.6. The van der Waals surface area contributed by atoms with Gasteiger partial charge in [-0.1, -0.05) is 13.8 Å². The van der Waals surface area contributed by atoms with Gasteiger partial charge in [0.15, 0.2) is 0 Å². The average Bonchev–Trinajstić information content (AvgIpc) is 2.70. The maximum absolute atomic E-state index is 11.9. The molecule has 0 aromatic rings. The van der Waals surface area contributed by atoms with E-state index < -0.39 is 0 Å². The number of hydrogen-bond acceptors (Lipinski definition) is 2. The van der Waals surface area contributed by atoms with Crippen molar-refractivity contribution in [1.82, 2.24) is 4.90 Å². The maximum Gasteiger partial charge on any atom is 0.410 e. The van der Waals surface area contributed by atoms with Crippen molar-refractivity contribution in [2.24, 2.45) is 17.3 Å². The standard InChI is InChI=1S/C14H25NO2/c1-10-11(2)14(10)6-8-15(9-7-14)12(16)17-13(3,4)5/h10-11H,6-9H2,1-5H3. The van der Waals surface area contributed by atoms with Crippen LogP contribution in [0.3, 0.4) is 0 Å². The summed E-state index contributed by atoms with van der Waals surface area (Å²) in [6.07, 6.45) is 2.15. The highest BCUT2D eigenvalue weighted by Gasteiger charge is 2.59. The van der Waals surface area contributed by atoms with Gasteiger partial charge < -0.3 is 9.64 Å². The molecule has 2 fully saturated rings. The fourth-order valence-corrected chi connectivity index (χ4v) is 3.29. The second-order valence-electron chi connectivity index (χ2n) is 6.78. The molecule has 0 N–H and O–H groups in total. The quantitative estimate of drug-likeness (QED) is 0.649. The molecular formula is C14H25NO2.